The first kappa shape index (κ1) is 28.7. The predicted molar refractivity (Wildman–Crippen MR) is 200 cm³/mol. The predicted octanol–water partition coefficient (Wildman–Crippen LogP) is 6.09. The molecule has 232 valence electrons. The molecule has 0 unspecified atom stereocenters. The lowest BCUT2D eigenvalue weighted by Gasteiger charge is -2.12. The molecular formula is C45H33N4+. The van der Waals surface area contributed by atoms with Gasteiger partial charge in [0.1, 0.15) is 0 Å². The van der Waals surface area contributed by atoms with Gasteiger partial charge in [0, 0.05) is 47.5 Å². The monoisotopic (exact) mass is 629 g/mol. The number of benzene rings is 4. The molecule has 0 saturated heterocycles. The van der Waals surface area contributed by atoms with E-state index >= 15 is 0 Å². The van der Waals surface area contributed by atoms with Crippen LogP contribution in [0.15, 0.2) is 186 Å². The highest BCUT2D eigenvalue weighted by Crippen LogP contribution is 2.36. The molecule has 0 atom stereocenters. The molecular weight excluding hydrogens is 597 g/mol. The van der Waals surface area contributed by atoms with E-state index in [1.54, 1.807) is 0 Å². The van der Waals surface area contributed by atoms with Gasteiger partial charge in [-0.1, -0.05) is 121 Å². The number of aryl methyl sites for hydroxylation is 1. The molecule has 4 aromatic carbocycles. The van der Waals surface area contributed by atoms with E-state index in [4.69, 9.17) is 4.99 Å². The van der Waals surface area contributed by atoms with Crippen molar-refractivity contribution in [2.24, 2.45) is 12.0 Å². The standard InChI is InChI=1S/C45H32N4/c1-49-29-34-28-41(49)45(33-20-12-5-13-21-33)40-27-26-39(48-40)44(32-18-10-4-11-19-32)38-25-24-37(47-38)43(31-16-8-3-9-17-31)36-23-22-35(46-36)42(34)30-14-6-2-7-15-30/h2-29,47H,1H3/p+1. The van der Waals surface area contributed by atoms with Crippen molar-refractivity contribution >= 4 is 33.7 Å². The number of aromatic nitrogens is 2. The van der Waals surface area contributed by atoms with Crippen LogP contribution in [0.1, 0.15) is 33.5 Å². The van der Waals surface area contributed by atoms with Gasteiger partial charge in [-0.25, -0.2) is 9.98 Å². The second-order valence-corrected chi connectivity index (χ2v) is 12.5. The maximum absolute atomic E-state index is 5.40. The first-order valence-corrected chi connectivity index (χ1v) is 16.6. The van der Waals surface area contributed by atoms with Gasteiger partial charge in [-0.05, 0) is 52.6 Å². The summed E-state index contributed by atoms with van der Waals surface area (Å²) in [5, 5.41) is 2.04. The average molecular weight is 630 g/mol. The zero-order chi connectivity index (χ0) is 32.7. The summed E-state index contributed by atoms with van der Waals surface area (Å²) in [4.78, 5) is 13.1. The zero-order valence-electron chi connectivity index (χ0n) is 27.1. The number of nitrogens with zero attached hydrogens (tertiary/aromatic N) is 2. The Balaban J connectivity index is 1.44. The highest BCUT2D eigenvalue weighted by atomic mass is 14.9. The third kappa shape index (κ3) is 5.11. The number of hydrogen-bond acceptors (Lipinski definition) is 1. The van der Waals surface area contributed by atoms with Crippen molar-refractivity contribution in [1.82, 2.24) is 9.55 Å². The fourth-order valence-electron chi connectivity index (χ4n) is 7.19. The highest BCUT2D eigenvalue weighted by Gasteiger charge is 2.27. The Morgan fingerprint density at radius 1 is 0.510 bits per heavy atom. The molecule has 3 aliphatic rings. The molecule has 9 rings (SSSR count). The van der Waals surface area contributed by atoms with Crippen LogP contribution in [0, 0.1) is 0 Å². The summed E-state index contributed by atoms with van der Waals surface area (Å²) in [5.41, 5.74) is 15.1. The molecule has 4 nitrogen and oxygen atoms in total. The van der Waals surface area contributed by atoms with Gasteiger partial charge in [-0.3, -0.25) is 0 Å². The van der Waals surface area contributed by atoms with Crippen LogP contribution in [-0.4, -0.2) is 21.0 Å². The van der Waals surface area contributed by atoms with Crippen LogP contribution in [-0.2, 0) is 7.05 Å². The molecule has 49 heavy (non-hydrogen) atoms. The normalized spacial score (nSPS) is 15.3. The molecule has 6 aromatic rings. The first-order chi connectivity index (χ1) is 24.2. The molecule has 2 N–H and O–H groups in total. The van der Waals surface area contributed by atoms with Crippen LogP contribution < -0.4 is 15.7 Å². The van der Waals surface area contributed by atoms with Crippen LogP contribution in [0.4, 0.5) is 0 Å². The van der Waals surface area contributed by atoms with Crippen molar-refractivity contribution in [3.8, 4) is 0 Å². The molecule has 0 radical (unpaired) electrons. The van der Waals surface area contributed by atoms with Gasteiger partial charge in [0.25, 0.3) is 0 Å². The van der Waals surface area contributed by atoms with E-state index in [0.717, 1.165) is 89.3 Å². The van der Waals surface area contributed by atoms with Gasteiger partial charge < -0.3 is 9.55 Å². The number of rotatable bonds is 4. The SMILES string of the molecule is Cn1cc2cc1C(c1ccccc1)=C1C=CC(=N1)C(c1ccccc1)=c1ccc([nH]1)=C(c1ccccc1)C1=[NH+]C(=C2c2ccccc2)C=C1. The first-order valence-electron chi connectivity index (χ1n) is 16.6. The summed E-state index contributed by atoms with van der Waals surface area (Å²) in [7, 11) is 2.13. The lowest BCUT2D eigenvalue weighted by Crippen LogP contribution is -2.68. The average Bonchev–Trinajstić information content (AvgIpc) is 3.98. The van der Waals surface area contributed by atoms with Gasteiger partial charge in [0.05, 0.1) is 33.6 Å². The Morgan fingerprint density at radius 3 is 1.65 bits per heavy atom. The van der Waals surface area contributed by atoms with Crippen LogP contribution in [0.25, 0.3) is 22.3 Å². The fraction of sp³-hybridized carbons (Fsp3) is 0.0222. The van der Waals surface area contributed by atoms with E-state index in [1.165, 1.54) is 0 Å². The molecule has 0 saturated carbocycles. The minimum absolute atomic E-state index is 0.921. The second kappa shape index (κ2) is 11.9. The molecule has 0 amide bonds. The number of allylic oxidation sites excluding steroid dienone is 4. The van der Waals surface area contributed by atoms with E-state index in [1.807, 2.05) is 0 Å². The Labute approximate surface area is 285 Å². The summed E-state index contributed by atoms with van der Waals surface area (Å²) in [6.07, 6.45) is 11.0. The Hall–Kier alpha value is -6.52. The molecule has 5 heterocycles. The number of fused-ring (bicyclic) bond motifs is 6. The summed E-state index contributed by atoms with van der Waals surface area (Å²) >= 11 is 0. The number of H-pyrrole nitrogens is 1. The second-order valence-electron chi connectivity index (χ2n) is 12.5. The molecule has 2 aromatic heterocycles. The van der Waals surface area contributed by atoms with E-state index < -0.39 is 0 Å². The zero-order valence-corrected chi connectivity index (χ0v) is 27.1. The van der Waals surface area contributed by atoms with Gasteiger partial charge in [0.15, 0.2) is 0 Å². The summed E-state index contributed by atoms with van der Waals surface area (Å²) in [6, 6.07) is 49.1. The third-order valence-corrected chi connectivity index (χ3v) is 9.40. The van der Waals surface area contributed by atoms with Crippen molar-refractivity contribution < 1.29 is 4.99 Å². The van der Waals surface area contributed by atoms with Crippen LogP contribution in [0.3, 0.4) is 0 Å². The van der Waals surface area contributed by atoms with E-state index in [-0.39, 0.29) is 0 Å². The van der Waals surface area contributed by atoms with Gasteiger partial charge >= 0.3 is 0 Å². The lowest BCUT2D eigenvalue weighted by atomic mass is 9.96. The van der Waals surface area contributed by atoms with Crippen molar-refractivity contribution in [2.45, 2.75) is 0 Å². The number of aliphatic imine (C=N–C) groups is 1. The van der Waals surface area contributed by atoms with Crippen molar-refractivity contribution in [3.63, 3.8) is 0 Å². The summed E-state index contributed by atoms with van der Waals surface area (Å²) < 4.78 is 2.23. The molecule has 8 bridgehead atoms. The van der Waals surface area contributed by atoms with E-state index in [0.29, 0.717) is 0 Å². The van der Waals surface area contributed by atoms with Gasteiger partial charge in [0.2, 0.25) is 11.4 Å². The minimum Gasteiger partial charge on any atom is -0.354 e. The topological polar surface area (TPSA) is 47.0 Å². The van der Waals surface area contributed by atoms with Crippen LogP contribution >= 0.6 is 0 Å². The number of nitrogens with one attached hydrogen (secondary N) is 2. The summed E-state index contributed by atoms with van der Waals surface area (Å²) in [5.74, 6) is 0. The number of hydrogen-bond donors (Lipinski definition) is 2. The minimum atomic E-state index is 0.921. The maximum Gasteiger partial charge on any atom is 0.214 e. The van der Waals surface area contributed by atoms with E-state index in [9.17, 15) is 0 Å². The molecule has 0 fully saturated rings. The van der Waals surface area contributed by atoms with Crippen LogP contribution in [0.2, 0.25) is 0 Å². The van der Waals surface area contributed by atoms with Gasteiger partial charge in [-0.15, -0.1) is 0 Å². The van der Waals surface area contributed by atoms with Crippen molar-refractivity contribution in [1.29, 1.82) is 0 Å². The molecule has 0 aliphatic carbocycles. The third-order valence-electron chi connectivity index (χ3n) is 9.40. The summed E-state index contributed by atoms with van der Waals surface area (Å²) in [6.45, 7) is 0. The van der Waals surface area contributed by atoms with Crippen molar-refractivity contribution in [2.75, 3.05) is 0 Å². The lowest BCUT2D eigenvalue weighted by molar-refractivity contribution is -0.383. The highest BCUT2D eigenvalue weighted by molar-refractivity contribution is 6.30. The Kier molecular flexibility index (Phi) is 6.98. The molecule has 0 spiro atoms. The largest absolute Gasteiger partial charge is 0.354 e. The molecule has 4 heteroatoms. The molecule has 3 aliphatic heterocycles. The number of aromatic amines is 1. The van der Waals surface area contributed by atoms with Gasteiger partial charge in [-0.2, -0.15) is 0 Å². The van der Waals surface area contributed by atoms with Crippen molar-refractivity contribution in [3.05, 3.63) is 226 Å². The van der Waals surface area contributed by atoms with E-state index in [2.05, 4.69) is 192 Å². The Morgan fingerprint density at radius 2 is 1.04 bits per heavy atom. The maximum atomic E-state index is 5.40. The fourth-order valence-corrected chi connectivity index (χ4v) is 7.19. The van der Waals surface area contributed by atoms with Crippen LogP contribution in [0.5, 0.6) is 0 Å². The Bertz CT molecular complexity index is 2550. The smallest absolute Gasteiger partial charge is 0.214 e. The quantitative estimate of drug-likeness (QED) is 0.237.